The molecule has 0 radical (unpaired) electrons. The van der Waals surface area contributed by atoms with Crippen molar-refractivity contribution in [3.05, 3.63) is 45.8 Å². The monoisotopic (exact) mass is 471 g/mol. The molecule has 2 atom stereocenters. The minimum absolute atomic E-state index is 0.00422. The number of nitrogens with one attached hydrogen (secondary N) is 1. The van der Waals surface area contributed by atoms with Gasteiger partial charge in [-0.3, -0.25) is 9.59 Å². The summed E-state index contributed by atoms with van der Waals surface area (Å²) in [5.74, 6) is 0.622. The maximum atomic E-state index is 13.1. The van der Waals surface area contributed by atoms with Crippen molar-refractivity contribution in [3.8, 4) is 5.75 Å². The van der Waals surface area contributed by atoms with Gasteiger partial charge < -0.3 is 20.3 Å². The summed E-state index contributed by atoms with van der Waals surface area (Å²) in [4.78, 5) is 24.1. The van der Waals surface area contributed by atoms with E-state index < -0.39 is 18.6 Å². The van der Waals surface area contributed by atoms with Crippen LogP contribution >= 0.6 is 0 Å². The molecule has 0 aliphatic heterocycles. The third-order valence-corrected chi connectivity index (χ3v) is 7.01. The van der Waals surface area contributed by atoms with Crippen molar-refractivity contribution in [2.45, 2.75) is 72.3 Å². The highest BCUT2D eigenvalue weighted by Crippen LogP contribution is 2.44. The van der Waals surface area contributed by atoms with E-state index in [1.165, 1.54) is 5.56 Å². The SMILES string of the molecule is Cc1cc(CCC(=O)n2nc(C)c3c2CC(C)C3(C)C)cc(C)c1OCC(O)CNC(=O)CO. The van der Waals surface area contributed by atoms with Crippen molar-refractivity contribution in [2.24, 2.45) is 5.92 Å². The van der Waals surface area contributed by atoms with E-state index >= 15 is 0 Å². The number of hydrogen-bond donors (Lipinski definition) is 3. The highest BCUT2D eigenvalue weighted by Gasteiger charge is 2.41. The van der Waals surface area contributed by atoms with Gasteiger partial charge in [-0.2, -0.15) is 5.10 Å². The molecule has 0 spiro atoms. The first-order valence-electron chi connectivity index (χ1n) is 11.9. The zero-order valence-electron chi connectivity index (χ0n) is 21.1. The number of ether oxygens (including phenoxy) is 1. The highest BCUT2D eigenvalue weighted by atomic mass is 16.5. The van der Waals surface area contributed by atoms with Crippen molar-refractivity contribution in [3.63, 3.8) is 0 Å². The fourth-order valence-electron chi connectivity index (χ4n) is 4.89. The molecule has 0 saturated carbocycles. The fraction of sp³-hybridized carbons (Fsp3) is 0.577. The lowest BCUT2D eigenvalue weighted by Crippen LogP contribution is -2.36. The quantitative estimate of drug-likeness (QED) is 0.518. The molecule has 1 aromatic carbocycles. The van der Waals surface area contributed by atoms with Crippen LogP contribution in [0.15, 0.2) is 12.1 Å². The average Bonchev–Trinajstić information content (AvgIpc) is 3.23. The standard InChI is InChI=1S/C26H37N3O5/c1-15-9-19(10-16(2)25(15)34-14-20(31)12-27-22(32)13-30)7-8-23(33)29-21-11-17(3)26(5,6)24(21)18(4)28-29/h9-10,17,20,30-31H,7-8,11-14H2,1-6H3,(H,27,32). The van der Waals surface area contributed by atoms with Gasteiger partial charge in [-0.1, -0.05) is 32.9 Å². The van der Waals surface area contributed by atoms with Crippen molar-refractivity contribution >= 4 is 11.8 Å². The lowest BCUT2D eigenvalue weighted by Gasteiger charge is -2.24. The van der Waals surface area contributed by atoms with Gasteiger partial charge >= 0.3 is 0 Å². The molecule has 8 heteroatoms. The van der Waals surface area contributed by atoms with Crippen LogP contribution in [-0.4, -0.2) is 57.7 Å². The van der Waals surface area contributed by atoms with Gasteiger partial charge in [0.1, 0.15) is 25.1 Å². The topological polar surface area (TPSA) is 114 Å². The van der Waals surface area contributed by atoms with E-state index in [4.69, 9.17) is 9.84 Å². The Bertz CT molecular complexity index is 1050. The van der Waals surface area contributed by atoms with Crippen LogP contribution in [0.2, 0.25) is 0 Å². The summed E-state index contributed by atoms with van der Waals surface area (Å²) in [5, 5.41) is 25.7. The van der Waals surface area contributed by atoms with Crippen LogP contribution in [0.1, 0.15) is 65.6 Å². The fourth-order valence-corrected chi connectivity index (χ4v) is 4.89. The highest BCUT2D eigenvalue weighted by molar-refractivity contribution is 5.80. The number of aliphatic hydroxyl groups excluding tert-OH is 2. The number of rotatable bonds is 9. The first-order valence-corrected chi connectivity index (χ1v) is 11.9. The molecule has 0 bridgehead atoms. The van der Waals surface area contributed by atoms with E-state index in [1.54, 1.807) is 4.68 Å². The first kappa shape index (κ1) is 25.9. The van der Waals surface area contributed by atoms with Crippen LogP contribution in [0.5, 0.6) is 5.75 Å². The van der Waals surface area contributed by atoms with Gasteiger partial charge in [-0.25, -0.2) is 4.68 Å². The molecule has 1 aromatic heterocycles. The van der Waals surface area contributed by atoms with Gasteiger partial charge in [-0.05, 0) is 61.6 Å². The lowest BCUT2D eigenvalue weighted by molar-refractivity contribution is -0.124. The van der Waals surface area contributed by atoms with Crippen molar-refractivity contribution in [1.29, 1.82) is 0 Å². The molecule has 8 nitrogen and oxygen atoms in total. The number of aliphatic hydroxyl groups is 2. The molecular weight excluding hydrogens is 434 g/mol. The largest absolute Gasteiger partial charge is 0.490 e. The maximum Gasteiger partial charge on any atom is 0.247 e. The average molecular weight is 472 g/mol. The van der Waals surface area contributed by atoms with Gasteiger partial charge in [0, 0.05) is 18.5 Å². The number of amides is 1. The van der Waals surface area contributed by atoms with Crippen molar-refractivity contribution < 1.29 is 24.5 Å². The van der Waals surface area contributed by atoms with E-state index in [2.05, 4.69) is 31.2 Å². The normalized spacial score (nSPS) is 17.4. The Kier molecular flexibility index (Phi) is 7.83. The van der Waals surface area contributed by atoms with E-state index in [0.717, 1.165) is 34.5 Å². The Balaban J connectivity index is 1.62. The number of carbonyl (C=O) groups is 2. The molecule has 3 N–H and O–H groups in total. The molecule has 2 aromatic rings. The third kappa shape index (κ3) is 5.33. The van der Waals surface area contributed by atoms with Crippen molar-refractivity contribution in [1.82, 2.24) is 15.1 Å². The number of carbonyl (C=O) groups excluding carboxylic acids is 2. The zero-order chi connectivity index (χ0) is 25.2. The minimum Gasteiger partial charge on any atom is -0.490 e. The van der Waals surface area contributed by atoms with Crippen LogP contribution in [-0.2, 0) is 23.1 Å². The summed E-state index contributed by atoms with van der Waals surface area (Å²) in [7, 11) is 0. The predicted molar refractivity (Wildman–Crippen MR) is 129 cm³/mol. The summed E-state index contributed by atoms with van der Waals surface area (Å²) in [5.41, 5.74) is 6.13. The minimum atomic E-state index is -0.890. The molecule has 0 saturated heterocycles. The zero-order valence-corrected chi connectivity index (χ0v) is 21.1. The summed E-state index contributed by atoms with van der Waals surface area (Å²) in [6, 6.07) is 4.00. The molecule has 2 unspecified atom stereocenters. The van der Waals surface area contributed by atoms with Gasteiger partial charge in [0.05, 0.1) is 11.4 Å². The first-order chi connectivity index (χ1) is 15.9. The van der Waals surface area contributed by atoms with Gasteiger partial charge in [0.25, 0.3) is 0 Å². The Hall–Kier alpha value is -2.71. The second-order valence-electron chi connectivity index (χ2n) is 10.0. The molecule has 1 heterocycles. The molecule has 34 heavy (non-hydrogen) atoms. The van der Waals surface area contributed by atoms with E-state index in [0.29, 0.717) is 24.5 Å². The summed E-state index contributed by atoms with van der Waals surface area (Å²) >= 11 is 0. The second kappa shape index (κ2) is 10.3. The smallest absolute Gasteiger partial charge is 0.247 e. The molecule has 1 aliphatic rings. The number of aryl methyl sites for hydroxylation is 4. The summed E-state index contributed by atoms with van der Waals surface area (Å²) in [6.45, 7) is 11.9. The maximum absolute atomic E-state index is 13.1. The number of hydrogen-bond acceptors (Lipinski definition) is 6. The van der Waals surface area contributed by atoms with Crippen LogP contribution in [0.25, 0.3) is 0 Å². The Morgan fingerprint density at radius 2 is 1.91 bits per heavy atom. The molecule has 1 aliphatic carbocycles. The number of benzene rings is 1. The number of nitrogens with zero attached hydrogens (tertiary/aromatic N) is 2. The molecule has 3 rings (SSSR count). The van der Waals surface area contributed by atoms with Crippen molar-refractivity contribution in [2.75, 3.05) is 19.8 Å². The predicted octanol–water partition coefficient (Wildman–Crippen LogP) is 2.40. The number of fused-ring (bicyclic) bond motifs is 1. The molecule has 0 fully saturated rings. The summed E-state index contributed by atoms with van der Waals surface area (Å²) in [6.07, 6.45) is 0.946. The lowest BCUT2D eigenvalue weighted by atomic mass is 9.79. The van der Waals surface area contributed by atoms with Crippen LogP contribution in [0.4, 0.5) is 0 Å². The second-order valence-corrected chi connectivity index (χ2v) is 10.0. The van der Waals surface area contributed by atoms with Gasteiger partial charge in [0.15, 0.2) is 0 Å². The van der Waals surface area contributed by atoms with Crippen LogP contribution in [0.3, 0.4) is 0 Å². The van der Waals surface area contributed by atoms with Crippen LogP contribution < -0.4 is 10.1 Å². The van der Waals surface area contributed by atoms with E-state index in [-0.39, 0.29) is 24.5 Å². The van der Waals surface area contributed by atoms with Gasteiger partial charge in [0.2, 0.25) is 11.8 Å². The van der Waals surface area contributed by atoms with Gasteiger partial charge in [-0.15, -0.1) is 0 Å². The third-order valence-electron chi connectivity index (χ3n) is 7.01. The van der Waals surface area contributed by atoms with Crippen LogP contribution in [0, 0.1) is 26.7 Å². The van der Waals surface area contributed by atoms with E-state index in [9.17, 15) is 14.7 Å². The Labute approximate surface area is 201 Å². The molecule has 186 valence electrons. The number of aromatic nitrogens is 2. The Morgan fingerprint density at radius 3 is 2.53 bits per heavy atom. The molecule has 1 amide bonds. The van der Waals surface area contributed by atoms with E-state index in [1.807, 2.05) is 32.9 Å². The Morgan fingerprint density at radius 1 is 1.26 bits per heavy atom. The molecular formula is C26H37N3O5. The summed E-state index contributed by atoms with van der Waals surface area (Å²) < 4.78 is 7.41.